The minimum Gasteiger partial charge on any atom is -0.484 e. The zero-order valence-electron chi connectivity index (χ0n) is 12.3. The quantitative estimate of drug-likeness (QED) is 0.805. The Morgan fingerprint density at radius 1 is 1.30 bits per heavy atom. The molecule has 0 fully saturated rings. The van der Waals surface area contributed by atoms with E-state index in [0.29, 0.717) is 5.75 Å². The van der Waals surface area contributed by atoms with Gasteiger partial charge in [0.25, 0.3) is 5.91 Å². The third-order valence-corrected chi connectivity index (χ3v) is 2.80. The first-order chi connectivity index (χ1) is 9.43. The molecule has 0 radical (unpaired) electrons. The first-order valence-electron chi connectivity index (χ1n) is 6.50. The van der Waals surface area contributed by atoms with E-state index in [4.69, 9.17) is 4.74 Å². The van der Waals surface area contributed by atoms with Crippen LogP contribution in [0.15, 0.2) is 24.3 Å². The summed E-state index contributed by atoms with van der Waals surface area (Å²) in [5, 5.41) is 2.61. The van der Waals surface area contributed by atoms with Crippen LogP contribution in [-0.4, -0.2) is 31.6 Å². The van der Waals surface area contributed by atoms with Crippen molar-refractivity contribution in [3.63, 3.8) is 0 Å². The van der Waals surface area contributed by atoms with Gasteiger partial charge in [0.2, 0.25) is 0 Å². The van der Waals surface area contributed by atoms with Gasteiger partial charge < -0.3 is 14.8 Å². The Bertz CT molecular complexity index is 471. The lowest BCUT2D eigenvalue weighted by Crippen LogP contribution is -2.46. The number of esters is 1. The fourth-order valence-electron chi connectivity index (χ4n) is 1.69. The van der Waals surface area contributed by atoms with Crippen LogP contribution in [0.3, 0.4) is 0 Å². The Morgan fingerprint density at radius 3 is 2.55 bits per heavy atom. The second-order valence-corrected chi connectivity index (χ2v) is 4.92. The van der Waals surface area contributed by atoms with Crippen molar-refractivity contribution >= 4 is 11.9 Å². The number of benzene rings is 1. The van der Waals surface area contributed by atoms with Gasteiger partial charge in [0.15, 0.2) is 6.61 Å². The van der Waals surface area contributed by atoms with Gasteiger partial charge in [-0.3, -0.25) is 4.79 Å². The summed E-state index contributed by atoms with van der Waals surface area (Å²) < 4.78 is 10.0. The summed E-state index contributed by atoms with van der Waals surface area (Å²) in [6.45, 7) is 5.48. The summed E-state index contributed by atoms with van der Waals surface area (Å²) in [6, 6.07) is 6.76. The normalized spacial score (nSPS) is 11.8. The monoisotopic (exact) mass is 279 g/mol. The zero-order chi connectivity index (χ0) is 15.1. The van der Waals surface area contributed by atoms with Gasteiger partial charge in [0.1, 0.15) is 11.8 Å². The van der Waals surface area contributed by atoms with Crippen molar-refractivity contribution in [1.29, 1.82) is 0 Å². The van der Waals surface area contributed by atoms with Crippen LogP contribution in [0.2, 0.25) is 0 Å². The number of carbonyl (C=O) groups is 2. The van der Waals surface area contributed by atoms with E-state index in [1.165, 1.54) is 7.11 Å². The van der Waals surface area contributed by atoms with Crippen molar-refractivity contribution in [2.75, 3.05) is 13.7 Å². The molecule has 0 heterocycles. The molecule has 1 aromatic carbocycles. The molecule has 0 aliphatic heterocycles. The fourth-order valence-corrected chi connectivity index (χ4v) is 1.69. The number of methoxy groups -OCH3 is 1. The molecule has 0 aliphatic carbocycles. The van der Waals surface area contributed by atoms with Crippen molar-refractivity contribution < 1.29 is 19.1 Å². The van der Waals surface area contributed by atoms with Gasteiger partial charge in [0, 0.05) is 0 Å². The number of rotatable bonds is 6. The second-order valence-electron chi connectivity index (χ2n) is 4.92. The lowest BCUT2D eigenvalue weighted by Gasteiger charge is -2.19. The highest BCUT2D eigenvalue weighted by Crippen LogP contribution is 2.12. The summed E-state index contributed by atoms with van der Waals surface area (Å²) in [4.78, 5) is 23.3. The summed E-state index contributed by atoms with van der Waals surface area (Å²) in [5.74, 6) is -0.232. The minimum absolute atomic E-state index is 0.0506. The van der Waals surface area contributed by atoms with E-state index >= 15 is 0 Å². The predicted molar refractivity (Wildman–Crippen MR) is 75.5 cm³/mol. The van der Waals surface area contributed by atoms with Gasteiger partial charge in [-0.2, -0.15) is 0 Å². The Kier molecular flexibility index (Phi) is 6.03. The smallest absolute Gasteiger partial charge is 0.328 e. The van der Waals surface area contributed by atoms with Crippen LogP contribution in [-0.2, 0) is 14.3 Å². The molecule has 5 heteroatoms. The van der Waals surface area contributed by atoms with Gasteiger partial charge >= 0.3 is 5.97 Å². The summed E-state index contributed by atoms with van der Waals surface area (Å²) in [7, 11) is 1.30. The highest BCUT2D eigenvalue weighted by molar-refractivity contribution is 5.85. The molecule has 0 bridgehead atoms. The molecule has 0 aromatic heterocycles. The molecule has 110 valence electrons. The van der Waals surface area contributed by atoms with E-state index in [1.54, 1.807) is 6.07 Å². The Balaban J connectivity index is 2.52. The molecule has 0 aliphatic rings. The average molecular weight is 279 g/mol. The van der Waals surface area contributed by atoms with E-state index in [-0.39, 0.29) is 18.4 Å². The molecule has 5 nitrogen and oxygen atoms in total. The Hall–Kier alpha value is -2.04. The molecule has 1 unspecified atom stereocenters. The van der Waals surface area contributed by atoms with Crippen LogP contribution in [0.1, 0.15) is 19.4 Å². The van der Waals surface area contributed by atoms with Gasteiger partial charge in [-0.1, -0.05) is 26.0 Å². The molecule has 1 N–H and O–H groups in total. The summed E-state index contributed by atoms with van der Waals surface area (Å²) >= 11 is 0. The summed E-state index contributed by atoms with van der Waals surface area (Å²) in [5.41, 5.74) is 1.05. The van der Waals surface area contributed by atoms with E-state index in [9.17, 15) is 9.59 Å². The van der Waals surface area contributed by atoms with Gasteiger partial charge in [0.05, 0.1) is 7.11 Å². The molecule has 0 spiro atoms. The van der Waals surface area contributed by atoms with Crippen LogP contribution in [0.5, 0.6) is 5.75 Å². The number of ether oxygens (including phenoxy) is 2. The second kappa shape index (κ2) is 7.53. The highest BCUT2D eigenvalue weighted by atomic mass is 16.5. The number of aryl methyl sites for hydroxylation is 1. The van der Waals surface area contributed by atoms with E-state index < -0.39 is 12.0 Å². The van der Waals surface area contributed by atoms with Crippen LogP contribution in [0, 0.1) is 12.8 Å². The molecule has 1 amide bonds. The first-order valence-corrected chi connectivity index (χ1v) is 6.50. The molecular formula is C15H21NO4. The van der Waals surface area contributed by atoms with E-state index in [2.05, 4.69) is 10.1 Å². The molecule has 20 heavy (non-hydrogen) atoms. The number of hydrogen-bond acceptors (Lipinski definition) is 4. The molecule has 0 saturated carbocycles. The van der Waals surface area contributed by atoms with Crippen molar-refractivity contribution in [3.05, 3.63) is 29.8 Å². The van der Waals surface area contributed by atoms with Crippen molar-refractivity contribution in [2.45, 2.75) is 26.8 Å². The van der Waals surface area contributed by atoms with Gasteiger partial charge in [-0.25, -0.2) is 4.79 Å². The third-order valence-electron chi connectivity index (χ3n) is 2.80. The zero-order valence-corrected chi connectivity index (χ0v) is 12.3. The largest absolute Gasteiger partial charge is 0.484 e. The summed E-state index contributed by atoms with van der Waals surface area (Å²) in [6.07, 6.45) is 0. The third kappa shape index (κ3) is 4.91. The number of hydrogen-bond donors (Lipinski definition) is 1. The lowest BCUT2D eigenvalue weighted by atomic mass is 10.0. The standard InChI is InChI=1S/C15H21NO4/c1-10(2)14(15(18)19-4)16-13(17)9-20-12-7-5-6-11(3)8-12/h5-8,10,14H,9H2,1-4H3,(H,16,17). The Morgan fingerprint density at radius 2 is 2.00 bits per heavy atom. The van der Waals surface area contributed by atoms with Crippen LogP contribution in [0.25, 0.3) is 0 Å². The van der Waals surface area contributed by atoms with Crippen molar-refractivity contribution in [2.24, 2.45) is 5.92 Å². The first kappa shape index (κ1) is 16.0. The molecular weight excluding hydrogens is 258 g/mol. The fraction of sp³-hybridized carbons (Fsp3) is 0.467. The highest BCUT2D eigenvalue weighted by Gasteiger charge is 2.24. The van der Waals surface area contributed by atoms with Crippen molar-refractivity contribution in [1.82, 2.24) is 5.32 Å². The maximum atomic E-state index is 11.8. The number of nitrogens with one attached hydrogen (secondary N) is 1. The SMILES string of the molecule is COC(=O)C(NC(=O)COc1cccc(C)c1)C(C)C. The lowest BCUT2D eigenvalue weighted by molar-refractivity contribution is -0.146. The topological polar surface area (TPSA) is 64.6 Å². The Labute approximate surface area is 119 Å². The van der Waals surface area contributed by atoms with E-state index in [0.717, 1.165) is 5.56 Å². The van der Waals surface area contributed by atoms with Crippen LogP contribution < -0.4 is 10.1 Å². The molecule has 1 aromatic rings. The molecule has 1 atom stereocenters. The molecule has 1 rings (SSSR count). The molecule has 0 saturated heterocycles. The van der Waals surface area contributed by atoms with Gasteiger partial charge in [-0.15, -0.1) is 0 Å². The number of amides is 1. The van der Waals surface area contributed by atoms with E-state index in [1.807, 2.05) is 39.0 Å². The van der Waals surface area contributed by atoms with Gasteiger partial charge in [-0.05, 0) is 30.5 Å². The minimum atomic E-state index is -0.659. The van der Waals surface area contributed by atoms with Crippen LogP contribution >= 0.6 is 0 Å². The number of carbonyl (C=O) groups excluding carboxylic acids is 2. The maximum Gasteiger partial charge on any atom is 0.328 e. The van der Waals surface area contributed by atoms with Crippen molar-refractivity contribution in [3.8, 4) is 5.75 Å². The average Bonchev–Trinajstić information content (AvgIpc) is 2.41. The maximum absolute atomic E-state index is 11.8. The predicted octanol–water partition coefficient (Wildman–Crippen LogP) is 1.69. The van der Waals surface area contributed by atoms with Crippen LogP contribution in [0.4, 0.5) is 0 Å².